The summed E-state index contributed by atoms with van der Waals surface area (Å²) >= 11 is 0. The molecular formula is C28H42N6O3. The first kappa shape index (κ1) is 26.2. The number of hydrogen-bond donors (Lipinski definition) is 3. The summed E-state index contributed by atoms with van der Waals surface area (Å²) in [5.41, 5.74) is 2.01. The number of ether oxygens (including phenoxy) is 2. The molecule has 2 saturated heterocycles. The van der Waals surface area contributed by atoms with Gasteiger partial charge in [0.05, 0.1) is 0 Å². The van der Waals surface area contributed by atoms with Gasteiger partial charge in [0, 0.05) is 69.1 Å². The molecule has 3 unspecified atom stereocenters. The van der Waals surface area contributed by atoms with E-state index in [1.165, 1.54) is 6.42 Å². The van der Waals surface area contributed by atoms with Crippen LogP contribution in [0.25, 0.3) is 11.4 Å². The predicted octanol–water partition coefficient (Wildman–Crippen LogP) is 2.53. The number of likely N-dealkylation sites (N-methyl/N-ethyl adjacent to an activating group) is 1. The molecule has 3 aliphatic rings. The maximum absolute atomic E-state index is 10.0. The molecule has 1 aromatic carbocycles. The van der Waals surface area contributed by atoms with Crippen LogP contribution in [0.5, 0.6) is 5.75 Å². The monoisotopic (exact) mass is 510 g/mol. The minimum absolute atomic E-state index is 0.227. The van der Waals surface area contributed by atoms with E-state index >= 15 is 0 Å². The lowest BCUT2D eigenvalue weighted by Gasteiger charge is -2.37. The maximum Gasteiger partial charge on any atom is 0.164 e. The molecule has 0 bridgehead atoms. The van der Waals surface area contributed by atoms with Crippen molar-refractivity contribution in [3.63, 3.8) is 0 Å². The van der Waals surface area contributed by atoms with Crippen LogP contribution in [0, 0.1) is 12.8 Å². The third-order valence-corrected chi connectivity index (χ3v) is 7.81. The zero-order chi connectivity index (χ0) is 25.8. The second kappa shape index (κ2) is 11.9. The lowest BCUT2D eigenvalue weighted by atomic mass is 10.1. The standard InChI is InChI=1S/C28H42N6O3/c1-19-15-25(19)33-9-11-34(12-10-33)28-20(2)26(30-22-7-13-36-14-8-22)31-27(32-28)21-5-4-6-24(16-21)37-18-23(35)17-29-3/h4-6,16,19,22-23,25,29,35H,7-15,17-18H2,1-3H3,(H,30,31,32). The quantitative estimate of drug-likeness (QED) is 0.446. The molecule has 0 spiro atoms. The highest BCUT2D eigenvalue weighted by molar-refractivity contribution is 5.67. The van der Waals surface area contributed by atoms with Crippen molar-refractivity contribution < 1.29 is 14.6 Å². The number of aromatic nitrogens is 2. The molecule has 9 nitrogen and oxygen atoms in total. The van der Waals surface area contributed by atoms with Gasteiger partial charge in [-0.3, -0.25) is 4.90 Å². The van der Waals surface area contributed by atoms with E-state index in [1.807, 2.05) is 31.3 Å². The molecule has 2 aliphatic heterocycles. The second-order valence-corrected chi connectivity index (χ2v) is 10.7. The fraction of sp³-hybridized carbons (Fsp3) is 0.643. The zero-order valence-electron chi connectivity index (χ0n) is 22.4. The number of nitrogens with zero attached hydrogens (tertiary/aromatic N) is 4. The first-order chi connectivity index (χ1) is 18.0. The Bertz CT molecular complexity index is 1040. The Hall–Kier alpha value is -2.46. The molecule has 202 valence electrons. The number of aliphatic hydroxyl groups excluding tert-OH is 1. The molecule has 3 atom stereocenters. The van der Waals surface area contributed by atoms with E-state index in [0.717, 1.165) is 87.0 Å². The van der Waals surface area contributed by atoms with Crippen molar-refractivity contribution in [1.29, 1.82) is 0 Å². The van der Waals surface area contributed by atoms with Crippen molar-refractivity contribution in [1.82, 2.24) is 20.2 Å². The summed E-state index contributed by atoms with van der Waals surface area (Å²) in [6, 6.07) is 8.97. The highest BCUT2D eigenvalue weighted by Crippen LogP contribution is 2.36. The van der Waals surface area contributed by atoms with Gasteiger partial charge in [-0.1, -0.05) is 19.1 Å². The van der Waals surface area contributed by atoms with Gasteiger partial charge in [-0.15, -0.1) is 0 Å². The molecule has 2 aromatic rings. The van der Waals surface area contributed by atoms with Crippen LogP contribution in [0.2, 0.25) is 0 Å². The molecule has 1 saturated carbocycles. The highest BCUT2D eigenvalue weighted by atomic mass is 16.5. The summed E-state index contributed by atoms with van der Waals surface area (Å²) in [5, 5.41) is 16.7. The normalized spacial score (nSPS) is 23.6. The smallest absolute Gasteiger partial charge is 0.164 e. The predicted molar refractivity (Wildman–Crippen MR) is 146 cm³/mol. The highest BCUT2D eigenvalue weighted by Gasteiger charge is 2.39. The average molecular weight is 511 g/mol. The van der Waals surface area contributed by atoms with Crippen LogP contribution >= 0.6 is 0 Å². The van der Waals surface area contributed by atoms with Crippen LogP contribution < -0.4 is 20.3 Å². The van der Waals surface area contributed by atoms with Gasteiger partial charge in [0.1, 0.15) is 30.1 Å². The second-order valence-electron chi connectivity index (χ2n) is 10.7. The first-order valence-corrected chi connectivity index (χ1v) is 13.8. The topological polar surface area (TPSA) is 95.0 Å². The summed E-state index contributed by atoms with van der Waals surface area (Å²) in [6.45, 7) is 10.9. The van der Waals surface area contributed by atoms with Gasteiger partial charge in [-0.25, -0.2) is 9.97 Å². The molecule has 5 rings (SSSR count). The molecule has 3 N–H and O–H groups in total. The van der Waals surface area contributed by atoms with E-state index in [0.29, 0.717) is 24.2 Å². The minimum atomic E-state index is -0.566. The molecular weight excluding hydrogens is 468 g/mol. The Morgan fingerprint density at radius 1 is 1.16 bits per heavy atom. The Balaban J connectivity index is 1.39. The summed E-state index contributed by atoms with van der Waals surface area (Å²) in [7, 11) is 1.81. The fourth-order valence-electron chi connectivity index (χ4n) is 5.41. The van der Waals surface area contributed by atoms with Crippen molar-refractivity contribution in [2.24, 2.45) is 5.92 Å². The van der Waals surface area contributed by atoms with Gasteiger partial charge in [0.2, 0.25) is 0 Å². The van der Waals surface area contributed by atoms with Gasteiger partial charge in [-0.2, -0.15) is 0 Å². The van der Waals surface area contributed by atoms with E-state index in [2.05, 4.69) is 34.3 Å². The van der Waals surface area contributed by atoms with Crippen LogP contribution in [0.1, 0.15) is 31.7 Å². The summed E-state index contributed by atoms with van der Waals surface area (Å²) in [6.07, 6.45) is 2.72. The van der Waals surface area contributed by atoms with Crippen molar-refractivity contribution in [3.8, 4) is 17.1 Å². The largest absolute Gasteiger partial charge is 0.491 e. The van der Waals surface area contributed by atoms with E-state index in [4.69, 9.17) is 19.4 Å². The van der Waals surface area contributed by atoms with Crippen LogP contribution in [0.4, 0.5) is 11.6 Å². The molecule has 1 aromatic heterocycles. The number of anilines is 2. The Kier molecular flexibility index (Phi) is 8.44. The number of piperazine rings is 1. The van der Waals surface area contributed by atoms with Crippen LogP contribution in [-0.2, 0) is 4.74 Å². The molecule has 3 fully saturated rings. The summed E-state index contributed by atoms with van der Waals surface area (Å²) in [5.74, 6) is 4.14. The van der Waals surface area contributed by atoms with Crippen molar-refractivity contribution in [2.75, 3.05) is 69.8 Å². The molecule has 9 heteroatoms. The summed E-state index contributed by atoms with van der Waals surface area (Å²) in [4.78, 5) is 15.2. The van der Waals surface area contributed by atoms with E-state index in [1.54, 1.807) is 0 Å². The molecule has 0 amide bonds. The third-order valence-electron chi connectivity index (χ3n) is 7.81. The molecule has 37 heavy (non-hydrogen) atoms. The van der Waals surface area contributed by atoms with Gasteiger partial charge in [0.15, 0.2) is 5.82 Å². The van der Waals surface area contributed by atoms with Crippen molar-refractivity contribution >= 4 is 11.6 Å². The maximum atomic E-state index is 10.0. The van der Waals surface area contributed by atoms with E-state index in [-0.39, 0.29) is 6.61 Å². The fourth-order valence-corrected chi connectivity index (χ4v) is 5.41. The Morgan fingerprint density at radius 3 is 2.62 bits per heavy atom. The lowest BCUT2D eigenvalue weighted by molar-refractivity contribution is 0.0904. The molecule has 1 aliphatic carbocycles. The van der Waals surface area contributed by atoms with Crippen LogP contribution in [-0.4, -0.2) is 97.8 Å². The van der Waals surface area contributed by atoms with Crippen LogP contribution in [0.15, 0.2) is 24.3 Å². The Morgan fingerprint density at radius 2 is 1.92 bits per heavy atom. The number of nitrogens with one attached hydrogen (secondary N) is 2. The summed E-state index contributed by atoms with van der Waals surface area (Å²) < 4.78 is 11.4. The van der Waals surface area contributed by atoms with Crippen molar-refractivity contribution in [2.45, 2.75) is 51.3 Å². The average Bonchev–Trinajstić information content (AvgIpc) is 3.66. The zero-order valence-corrected chi connectivity index (χ0v) is 22.4. The number of benzene rings is 1. The van der Waals surface area contributed by atoms with Gasteiger partial charge in [0.25, 0.3) is 0 Å². The molecule has 0 radical (unpaired) electrons. The SMILES string of the molecule is CNCC(O)COc1cccc(-c2nc(NC3CCOCC3)c(C)c(N3CCN(C4CC4C)CC3)n2)c1. The van der Waals surface area contributed by atoms with Gasteiger partial charge >= 0.3 is 0 Å². The van der Waals surface area contributed by atoms with Gasteiger partial charge < -0.3 is 30.1 Å². The number of hydrogen-bond acceptors (Lipinski definition) is 9. The molecule has 3 heterocycles. The van der Waals surface area contributed by atoms with Crippen molar-refractivity contribution in [3.05, 3.63) is 29.8 Å². The van der Waals surface area contributed by atoms with E-state index < -0.39 is 6.10 Å². The van der Waals surface area contributed by atoms with E-state index in [9.17, 15) is 5.11 Å². The Labute approximate surface area is 220 Å². The van der Waals surface area contributed by atoms with Gasteiger partial charge in [-0.05, 0) is 51.3 Å². The first-order valence-electron chi connectivity index (χ1n) is 13.8. The number of rotatable bonds is 10. The van der Waals surface area contributed by atoms with Crippen LogP contribution in [0.3, 0.4) is 0 Å². The third kappa shape index (κ3) is 6.52. The lowest BCUT2D eigenvalue weighted by Crippen LogP contribution is -2.48. The minimum Gasteiger partial charge on any atom is -0.491 e. The number of aliphatic hydroxyl groups is 1.